The second-order valence-corrected chi connectivity index (χ2v) is 6.11. The Bertz CT molecular complexity index is 441. The van der Waals surface area contributed by atoms with Crippen molar-refractivity contribution in [1.29, 1.82) is 0 Å². The maximum atomic E-state index is 13.1. The van der Waals surface area contributed by atoms with Gasteiger partial charge in [-0.3, -0.25) is 0 Å². The molecule has 120 valence electrons. The zero-order chi connectivity index (χ0) is 15.9. The van der Waals surface area contributed by atoms with Crippen molar-refractivity contribution in [2.45, 2.75) is 29.8 Å². The molecule has 0 aliphatic carbocycles. The van der Waals surface area contributed by atoms with E-state index in [-0.39, 0.29) is 24.0 Å². The van der Waals surface area contributed by atoms with Crippen LogP contribution in [0.3, 0.4) is 0 Å². The molecule has 0 saturated heterocycles. The van der Waals surface area contributed by atoms with Gasteiger partial charge in [0.2, 0.25) is 0 Å². The molecule has 0 heterocycles. The quantitative estimate of drug-likeness (QED) is 0.570. The minimum absolute atomic E-state index is 0.0770. The Balaban J connectivity index is 2.87. The number of nitrogens with one attached hydrogen (secondary N) is 1. The number of hydrogen-bond donors (Lipinski definition) is 2. The maximum Gasteiger partial charge on any atom is 0.416 e. The summed E-state index contributed by atoms with van der Waals surface area (Å²) in [4.78, 5) is 0.504. The van der Waals surface area contributed by atoms with Gasteiger partial charge < -0.3 is 15.2 Å². The van der Waals surface area contributed by atoms with Crippen molar-refractivity contribution in [2.75, 3.05) is 26.9 Å². The van der Waals surface area contributed by atoms with Crippen molar-refractivity contribution in [2.24, 2.45) is 0 Å². The van der Waals surface area contributed by atoms with Gasteiger partial charge >= 0.3 is 6.18 Å². The largest absolute Gasteiger partial charge is 0.416 e. The van der Waals surface area contributed by atoms with E-state index in [1.54, 1.807) is 13.0 Å². The number of halogens is 3. The summed E-state index contributed by atoms with van der Waals surface area (Å²) in [5, 5.41) is 11.8. The number of aliphatic hydroxyl groups excluding tert-OH is 1. The van der Waals surface area contributed by atoms with Crippen LogP contribution in [-0.4, -0.2) is 37.2 Å². The second kappa shape index (κ2) is 8.63. The van der Waals surface area contributed by atoms with E-state index in [2.05, 4.69) is 5.32 Å². The van der Waals surface area contributed by atoms with Gasteiger partial charge in [0, 0.05) is 30.3 Å². The lowest BCUT2D eigenvalue weighted by atomic mass is 10.1. The molecule has 1 atom stereocenters. The SMILES string of the molecule is COCCNCc1ccc(SC(C)CO)cc1C(F)(F)F. The molecule has 0 aromatic heterocycles. The molecule has 0 radical (unpaired) electrons. The normalized spacial score (nSPS) is 13.4. The molecular formula is C14H20F3NO2S. The third-order valence-electron chi connectivity index (χ3n) is 2.78. The monoisotopic (exact) mass is 323 g/mol. The van der Waals surface area contributed by atoms with E-state index < -0.39 is 11.7 Å². The van der Waals surface area contributed by atoms with Gasteiger partial charge in [0.25, 0.3) is 0 Å². The van der Waals surface area contributed by atoms with E-state index in [9.17, 15) is 13.2 Å². The molecule has 1 aromatic rings. The Hall–Kier alpha value is -0.760. The predicted octanol–water partition coefficient (Wildman–Crippen LogP) is 2.91. The molecule has 0 aliphatic heterocycles. The molecule has 0 saturated carbocycles. The second-order valence-electron chi connectivity index (χ2n) is 4.60. The van der Waals surface area contributed by atoms with Crippen molar-refractivity contribution >= 4 is 11.8 Å². The smallest absolute Gasteiger partial charge is 0.395 e. The average Bonchev–Trinajstić information content (AvgIpc) is 2.43. The van der Waals surface area contributed by atoms with Gasteiger partial charge in [0.15, 0.2) is 0 Å². The molecule has 0 bridgehead atoms. The van der Waals surface area contributed by atoms with Crippen molar-refractivity contribution in [3.05, 3.63) is 29.3 Å². The first-order valence-corrected chi connectivity index (χ1v) is 7.43. The van der Waals surface area contributed by atoms with Gasteiger partial charge in [-0.05, 0) is 17.7 Å². The molecule has 0 amide bonds. The zero-order valence-corrected chi connectivity index (χ0v) is 12.9. The van der Waals surface area contributed by atoms with Crippen LogP contribution in [0.25, 0.3) is 0 Å². The number of rotatable bonds is 8. The summed E-state index contributed by atoms with van der Waals surface area (Å²) < 4.78 is 44.2. The average molecular weight is 323 g/mol. The minimum Gasteiger partial charge on any atom is -0.395 e. The van der Waals surface area contributed by atoms with E-state index in [0.29, 0.717) is 18.0 Å². The van der Waals surface area contributed by atoms with Gasteiger partial charge in [-0.15, -0.1) is 11.8 Å². The number of aliphatic hydroxyl groups is 1. The summed E-state index contributed by atoms with van der Waals surface area (Å²) in [7, 11) is 1.54. The van der Waals surface area contributed by atoms with Crippen molar-refractivity contribution in [3.63, 3.8) is 0 Å². The number of ether oxygens (including phenoxy) is 1. The van der Waals surface area contributed by atoms with E-state index in [1.807, 2.05) is 0 Å². The van der Waals surface area contributed by atoms with E-state index in [4.69, 9.17) is 9.84 Å². The third kappa shape index (κ3) is 6.25. The predicted molar refractivity (Wildman–Crippen MR) is 77.4 cm³/mol. The van der Waals surface area contributed by atoms with E-state index in [1.165, 1.54) is 24.9 Å². The van der Waals surface area contributed by atoms with Crippen LogP contribution in [0.4, 0.5) is 13.2 Å². The molecule has 1 aromatic carbocycles. The Morgan fingerprint density at radius 3 is 2.67 bits per heavy atom. The van der Waals surface area contributed by atoms with Gasteiger partial charge in [-0.1, -0.05) is 13.0 Å². The number of hydrogen-bond acceptors (Lipinski definition) is 4. The Labute approximate surface area is 126 Å². The third-order valence-corrected chi connectivity index (χ3v) is 3.86. The Morgan fingerprint density at radius 1 is 1.38 bits per heavy atom. The molecule has 21 heavy (non-hydrogen) atoms. The number of methoxy groups -OCH3 is 1. The van der Waals surface area contributed by atoms with Crippen LogP contribution in [0.1, 0.15) is 18.1 Å². The molecular weight excluding hydrogens is 303 g/mol. The molecule has 1 rings (SSSR count). The number of benzene rings is 1. The van der Waals surface area contributed by atoms with Gasteiger partial charge in [-0.25, -0.2) is 0 Å². The van der Waals surface area contributed by atoms with Crippen molar-refractivity contribution in [1.82, 2.24) is 5.32 Å². The fraction of sp³-hybridized carbons (Fsp3) is 0.571. The molecule has 7 heteroatoms. The lowest BCUT2D eigenvalue weighted by Crippen LogP contribution is -2.21. The molecule has 1 unspecified atom stereocenters. The Kier molecular flexibility index (Phi) is 7.51. The van der Waals surface area contributed by atoms with E-state index in [0.717, 1.165) is 6.07 Å². The minimum atomic E-state index is -4.39. The first-order valence-electron chi connectivity index (χ1n) is 6.55. The van der Waals surface area contributed by atoms with Crippen LogP contribution in [0.2, 0.25) is 0 Å². The van der Waals surface area contributed by atoms with Gasteiger partial charge in [0.1, 0.15) is 0 Å². The van der Waals surface area contributed by atoms with Crippen LogP contribution in [0, 0.1) is 0 Å². The highest BCUT2D eigenvalue weighted by molar-refractivity contribution is 8.00. The summed E-state index contributed by atoms with van der Waals surface area (Å²) >= 11 is 1.22. The molecule has 0 fully saturated rings. The maximum absolute atomic E-state index is 13.1. The first kappa shape index (κ1) is 18.3. The summed E-state index contributed by atoms with van der Waals surface area (Å²) in [6.07, 6.45) is -4.39. The standard InChI is InChI=1S/C14H20F3NO2S/c1-10(9-19)21-12-4-3-11(8-18-5-6-20-2)13(7-12)14(15,16)17/h3-4,7,10,18-19H,5-6,8-9H2,1-2H3. The molecule has 0 spiro atoms. The fourth-order valence-electron chi connectivity index (χ4n) is 1.71. The fourth-order valence-corrected chi connectivity index (χ4v) is 2.59. The number of thioether (sulfide) groups is 1. The van der Waals surface area contributed by atoms with Crippen LogP contribution < -0.4 is 5.32 Å². The first-order chi connectivity index (χ1) is 9.88. The van der Waals surface area contributed by atoms with Crippen molar-refractivity contribution in [3.8, 4) is 0 Å². The lowest BCUT2D eigenvalue weighted by Gasteiger charge is -2.16. The zero-order valence-electron chi connectivity index (χ0n) is 12.0. The Morgan fingerprint density at radius 2 is 2.10 bits per heavy atom. The van der Waals surface area contributed by atoms with Crippen LogP contribution >= 0.6 is 11.8 Å². The van der Waals surface area contributed by atoms with Crippen LogP contribution in [0.15, 0.2) is 23.1 Å². The summed E-state index contributed by atoms with van der Waals surface area (Å²) in [5.74, 6) is 0. The van der Waals surface area contributed by atoms with E-state index >= 15 is 0 Å². The summed E-state index contributed by atoms with van der Waals surface area (Å²) in [6, 6.07) is 4.28. The topological polar surface area (TPSA) is 41.5 Å². The van der Waals surface area contributed by atoms with Gasteiger partial charge in [-0.2, -0.15) is 13.2 Å². The van der Waals surface area contributed by atoms with Gasteiger partial charge in [0.05, 0.1) is 18.8 Å². The summed E-state index contributed by atoms with van der Waals surface area (Å²) in [5.41, 5.74) is -0.429. The molecule has 3 nitrogen and oxygen atoms in total. The highest BCUT2D eigenvalue weighted by Crippen LogP contribution is 2.35. The highest BCUT2D eigenvalue weighted by atomic mass is 32.2. The highest BCUT2D eigenvalue weighted by Gasteiger charge is 2.33. The van der Waals surface area contributed by atoms with Crippen LogP contribution in [-0.2, 0) is 17.5 Å². The summed E-state index contributed by atoms with van der Waals surface area (Å²) in [6.45, 7) is 2.76. The molecule has 2 N–H and O–H groups in total. The number of alkyl halides is 3. The lowest BCUT2D eigenvalue weighted by molar-refractivity contribution is -0.138. The molecule has 0 aliphatic rings. The van der Waals surface area contributed by atoms with Crippen molar-refractivity contribution < 1.29 is 23.0 Å². The van der Waals surface area contributed by atoms with Crippen LogP contribution in [0.5, 0.6) is 0 Å².